The Morgan fingerprint density at radius 3 is 2.94 bits per heavy atom. The zero-order valence-corrected chi connectivity index (χ0v) is 12.0. The predicted octanol–water partition coefficient (Wildman–Crippen LogP) is 2.80. The minimum Gasteiger partial charge on any atom is -0.312 e. The van der Waals surface area contributed by atoms with E-state index < -0.39 is 0 Å². The molecule has 0 aromatic carbocycles. The molecule has 0 spiro atoms. The van der Waals surface area contributed by atoms with E-state index in [1.807, 2.05) is 12.4 Å². The van der Waals surface area contributed by atoms with Gasteiger partial charge in [0.2, 0.25) is 5.91 Å². The molecule has 1 saturated carbocycles. The number of amides is 1. The zero-order valence-electron chi connectivity index (χ0n) is 11.2. The van der Waals surface area contributed by atoms with Crippen LogP contribution in [0.25, 0.3) is 0 Å². The molecule has 4 nitrogen and oxygen atoms in total. The highest BCUT2D eigenvalue weighted by atomic mass is 32.1. The number of hydrogen-bond acceptors (Lipinski definition) is 4. The van der Waals surface area contributed by atoms with Crippen molar-refractivity contribution in [3.8, 4) is 0 Å². The van der Waals surface area contributed by atoms with Gasteiger partial charge in [-0.25, -0.2) is 4.98 Å². The number of carbonyl (C=O) groups is 1. The van der Waals surface area contributed by atoms with Gasteiger partial charge >= 0.3 is 0 Å². The van der Waals surface area contributed by atoms with Crippen molar-refractivity contribution in [2.45, 2.75) is 39.2 Å². The summed E-state index contributed by atoms with van der Waals surface area (Å²) in [5.41, 5.74) is 0.984. The number of aromatic nitrogens is 1. The lowest BCUT2D eigenvalue weighted by atomic mass is 9.97. The monoisotopic (exact) mass is 267 g/mol. The second kappa shape index (κ2) is 5.80. The SMILES string of the molecule is CNC(C)c1csc(NC(=O)C2CCCC2C)n1. The average Bonchev–Trinajstić information content (AvgIpc) is 2.97. The van der Waals surface area contributed by atoms with Gasteiger partial charge in [-0.1, -0.05) is 13.3 Å². The molecule has 1 heterocycles. The quantitative estimate of drug-likeness (QED) is 0.882. The molecule has 1 aromatic rings. The Kier molecular flexibility index (Phi) is 4.35. The van der Waals surface area contributed by atoms with Crippen LogP contribution in [0.1, 0.15) is 44.8 Å². The zero-order chi connectivity index (χ0) is 13.1. The number of rotatable bonds is 4. The van der Waals surface area contributed by atoms with Crippen molar-refractivity contribution in [3.63, 3.8) is 0 Å². The van der Waals surface area contributed by atoms with Gasteiger partial charge in [0.25, 0.3) is 0 Å². The lowest BCUT2D eigenvalue weighted by molar-refractivity contribution is -0.120. The van der Waals surface area contributed by atoms with E-state index in [1.165, 1.54) is 17.8 Å². The summed E-state index contributed by atoms with van der Waals surface area (Å²) in [7, 11) is 1.91. The molecule has 5 heteroatoms. The van der Waals surface area contributed by atoms with Crippen molar-refractivity contribution in [1.82, 2.24) is 10.3 Å². The molecule has 1 aromatic heterocycles. The molecule has 0 bridgehead atoms. The molecule has 1 aliphatic carbocycles. The van der Waals surface area contributed by atoms with Crippen LogP contribution >= 0.6 is 11.3 Å². The second-order valence-corrected chi connectivity index (χ2v) is 5.95. The Morgan fingerprint density at radius 2 is 2.33 bits per heavy atom. The van der Waals surface area contributed by atoms with Gasteiger partial charge in [-0.15, -0.1) is 11.3 Å². The van der Waals surface area contributed by atoms with Gasteiger partial charge in [0, 0.05) is 17.3 Å². The maximum atomic E-state index is 12.1. The normalized spacial score (nSPS) is 25.1. The third-order valence-electron chi connectivity index (χ3n) is 3.83. The Labute approximate surface area is 112 Å². The fraction of sp³-hybridized carbons (Fsp3) is 0.692. The molecule has 3 unspecified atom stereocenters. The van der Waals surface area contributed by atoms with E-state index in [-0.39, 0.29) is 17.9 Å². The first-order valence-corrected chi connectivity index (χ1v) is 7.43. The maximum Gasteiger partial charge on any atom is 0.229 e. The van der Waals surface area contributed by atoms with Crippen molar-refractivity contribution in [3.05, 3.63) is 11.1 Å². The lowest BCUT2D eigenvalue weighted by Gasteiger charge is -2.13. The fourth-order valence-corrected chi connectivity index (χ4v) is 3.23. The Hall–Kier alpha value is -0.940. The van der Waals surface area contributed by atoms with E-state index in [4.69, 9.17) is 0 Å². The van der Waals surface area contributed by atoms with E-state index in [1.54, 1.807) is 0 Å². The summed E-state index contributed by atoms with van der Waals surface area (Å²) in [6, 6.07) is 0.220. The molecule has 1 amide bonds. The maximum absolute atomic E-state index is 12.1. The van der Waals surface area contributed by atoms with Crippen LogP contribution in [0.15, 0.2) is 5.38 Å². The number of anilines is 1. The van der Waals surface area contributed by atoms with Gasteiger partial charge in [-0.05, 0) is 32.7 Å². The van der Waals surface area contributed by atoms with Crippen LogP contribution in [0.2, 0.25) is 0 Å². The lowest BCUT2D eigenvalue weighted by Crippen LogP contribution is -2.24. The summed E-state index contributed by atoms with van der Waals surface area (Å²) < 4.78 is 0. The van der Waals surface area contributed by atoms with Crippen molar-refractivity contribution < 1.29 is 4.79 Å². The number of carbonyl (C=O) groups excluding carboxylic acids is 1. The molecule has 100 valence electrons. The number of nitrogens with zero attached hydrogens (tertiary/aromatic N) is 1. The van der Waals surface area contributed by atoms with E-state index in [0.717, 1.165) is 23.7 Å². The van der Waals surface area contributed by atoms with Gasteiger partial charge < -0.3 is 10.6 Å². The summed E-state index contributed by atoms with van der Waals surface area (Å²) in [5, 5.41) is 8.81. The first-order chi connectivity index (χ1) is 8.61. The van der Waals surface area contributed by atoms with E-state index >= 15 is 0 Å². The minimum atomic E-state index is 0.137. The Balaban J connectivity index is 1.97. The van der Waals surface area contributed by atoms with Gasteiger partial charge in [-0.2, -0.15) is 0 Å². The standard InChI is InChI=1S/C13H21N3OS/c1-8-5-4-6-10(8)12(17)16-13-15-11(7-18-13)9(2)14-3/h7-10,14H,4-6H2,1-3H3,(H,15,16,17). The van der Waals surface area contributed by atoms with Crippen molar-refractivity contribution in [1.29, 1.82) is 0 Å². The average molecular weight is 267 g/mol. The van der Waals surface area contributed by atoms with E-state index in [0.29, 0.717) is 5.92 Å². The molecule has 18 heavy (non-hydrogen) atoms. The molecular formula is C13H21N3OS. The molecule has 0 saturated heterocycles. The number of thiazole rings is 1. The topological polar surface area (TPSA) is 54.0 Å². The van der Waals surface area contributed by atoms with Crippen LogP contribution in [-0.4, -0.2) is 17.9 Å². The Bertz CT molecular complexity index is 418. The third kappa shape index (κ3) is 2.90. The molecule has 2 rings (SSSR count). The highest BCUT2D eigenvalue weighted by Crippen LogP contribution is 2.32. The molecule has 1 fully saturated rings. The van der Waals surface area contributed by atoms with Crippen LogP contribution in [0.3, 0.4) is 0 Å². The minimum absolute atomic E-state index is 0.137. The van der Waals surface area contributed by atoms with Crippen LogP contribution in [-0.2, 0) is 4.79 Å². The van der Waals surface area contributed by atoms with Gasteiger partial charge in [-0.3, -0.25) is 4.79 Å². The third-order valence-corrected chi connectivity index (χ3v) is 4.60. The first kappa shape index (κ1) is 13.5. The van der Waals surface area contributed by atoms with E-state index in [9.17, 15) is 4.79 Å². The van der Waals surface area contributed by atoms with Crippen molar-refractivity contribution in [2.24, 2.45) is 11.8 Å². The van der Waals surface area contributed by atoms with Crippen molar-refractivity contribution >= 4 is 22.4 Å². The molecule has 0 radical (unpaired) electrons. The molecule has 2 N–H and O–H groups in total. The summed E-state index contributed by atoms with van der Waals surface area (Å²) in [6.07, 6.45) is 3.34. The number of hydrogen-bond donors (Lipinski definition) is 2. The molecule has 1 aliphatic rings. The van der Waals surface area contributed by atoms with Gasteiger partial charge in [0.15, 0.2) is 5.13 Å². The van der Waals surface area contributed by atoms with Crippen LogP contribution < -0.4 is 10.6 Å². The van der Waals surface area contributed by atoms with Crippen LogP contribution in [0, 0.1) is 11.8 Å². The van der Waals surface area contributed by atoms with Gasteiger partial charge in [0.1, 0.15) is 0 Å². The summed E-state index contributed by atoms with van der Waals surface area (Å²) in [4.78, 5) is 16.6. The predicted molar refractivity (Wildman–Crippen MR) is 74.7 cm³/mol. The van der Waals surface area contributed by atoms with Crippen LogP contribution in [0.4, 0.5) is 5.13 Å². The van der Waals surface area contributed by atoms with E-state index in [2.05, 4.69) is 29.5 Å². The molecular weight excluding hydrogens is 246 g/mol. The molecule has 0 aliphatic heterocycles. The fourth-order valence-electron chi connectivity index (χ4n) is 2.42. The summed E-state index contributed by atoms with van der Waals surface area (Å²) in [6.45, 7) is 4.22. The van der Waals surface area contributed by atoms with Gasteiger partial charge in [0.05, 0.1) is 5.69 Å². The summed E-state index contributed by atoms with van der Waals surface area (Å²) in [5.74, 6) is 0.803. The second-order valence-electron chi connectivity index (χ2n) is 5.09. The highest BCUT2D eigenvalue weighted by Gasteiger charge is 2.30. The van der Waals surface area contributed by atoms with Crippen molar-refractivity contribution in [2.75, 3.05) is 12.4 Å². The largest absolute Gasteiger partial charge is 0.312 e. The van der Waals surface area contributed by atoms with Crippen LogP contribution in [0.5, 0.6) is 0 Å². The smallest absolute Gasteiger partial charge is 0.229 e. The Morgan fingerprint density at radius 1 is 1.56 bits per heavy atom. The summed E-state index contributed by atoms with van der Waals surface area (Å²) >= 11 is 1.50. The highest BCUT2D eigenvalue weighted by molar-refractivity contribution is 7.13. The first-order valence-electron chi connectivity index (χ1n) is 6.55. The molecule has 3 atom stereocenters. The number of nitrogens with one attached hydrogen (secondary N) is 2.